The molecule has 0 bridgehead atoms. The Labute approximate surface area is 120 Å². The van der Waals surface area contributed by atoms with E-state index in [1.165, 1.54) is 0 Å². The van der Waals surface area contributed by atoms with Crippen LogP contribution in [0, 0.1) is 0 Å². The summed E-state index contributed by atoms with van der Waals surface area (Å²) in [7, 11) is -3.05. The summed E-state index contributed by atoms with van der Waals surface area (Å²) >= 11 is 6.13. The Morgan fingerprint density at radius 1 is 1.16 bits per heavy atom. The number of hydrogen-bond donors (Lipinski definition) is 0. The Kier molecular flexibility index (Phi) is 4.84. The van der Waals surface area contributed by atoms with Gasteiger partial charge in [0.2, 0.25) is 10.0 Å². The topological polar surface area (TPSA) is 40.6 Å². The van der Waals surface area contributed by atoms with Crippen LogP contribution in [0.1, 0.15) is 12.5 Å². The number of nitrogens with zero attached hydrogens (tertiary/aromatic N) is 2. The number of rotatable bonds is 4. The first-order valence-corrected chi connectivity index (χ1v) is 8.45. The van der Waals surface area contributed by atoms with Gasteiger partial charge in [-0.05, 0) is 18.6 Å². The van der Waals surface area contributed by atoms with E-state index in [9.17, 15) is 8.42 Å². The largest absolute Gasteiger partial charge is 0.296 e. The van der Waals surface area contributed by atoms with Gasteiger partial charge in [0.15, 0.2) is 0 Å². The van der Waals surface area contributed by atoms with Crippen LogP contribution in [0.4, 0.5) is 0 Å². The van der Waals surface area contributed by atoms with Gasteiger partial charge >= 0.3 is 0 Å². The van der Waals surface area contributed by atoms with Crippen LogP contribution in [-0.4, -0.2) is 49.6 Å². The summed E-state index contributed by atoms with van der Waals surface area (Å²) in [5.74, 6) is 0.178. The van der Waals surface area contributed by atoms with Gasteiger partial charge in [-0.1, -0.05) is 29.8 Å². The van der Waals surface area contributed by atoms with Crippen LogP contribution < -0.4 is 0 Å². The first-order valence-electron chi connectivity index (χ1n) is 6.46. The molecule has 4 nitrogen and oxygen atoms in total. The van der Waals surface area contributed by atoms with Gasteiger partial charge in [0.25, 0.3) is 0 Å². The van der Waals surface area contributed by atoms with Crippen molar-refractivity contribution in [2.24, 2.45) is 0 Å². The van der Waals surface area contributed by atoms with E-state index in [0.717, 1.165) is 30.2 Å². The van der Waals surface area contributed by atoms with Crippen molar-refractivity contribution in [1.29, 1.82) is 0 Å². The molecule has 6 heteroatoms. The van der Waals surface area contributed by atoms with Crippen LogP contribution >= 0.6 is 11.6 Å². The minimum Gasteiger partial charge on any atom is -0.296 e. The fourth-order valence-electron chi connectivity index (χ4n) is 2.22. The van der Waals surface area contributed by atoms with Gasteiger partial charge in [0, 0.05) is 37.7 Å². The molecule has 1 aromatic carbocycles. The molecule has 0 radical (unpaired) electrons. The van der Waals surface area contributed by atoms with E-state index in [1.54, 1.807) is 11.2 Å². The minimum absolute atomic E-state index is 0.178. The molecule has 2 rings (SSSR count). The molecule has 1 fully saturated rings. The number of halogens is 1. The molecule has 1 aliphatic rings. The molecule has 0 unspecified atom stereocenters. The van der Waals surface area contributed by atoms with Crippen molar-refractivity contribution in [3.8, 4) is 0 Å². The molecule has 19 heavy (non-hydrogen) atoms. The summed E-state index contributed by atoms with van der Waals surface area (Å²) in [4.78, 5) is 2.24. The molecule has 0 saturated carbocycles. The molecule has 0 spiro atoms. The van der Waals surface area contributed by atoms with Crippen molar-refractivity contribution in [2.45, 2.75) is 13.5 Å². The van der Waals surface area contributed by atoms with Gasteiger partial charge in [-0.3, -0.25) is 4.90 Å². The molecular formula is C13H19ClN2O2S. The maximum Gasteiger partial charge on any atom is 0.213 e. The maximum atomic E-state index is 11.8. The molecule has 1 heterocycles. The molecule has 0 aliphatic carbocycles. The Balaban J connectivity index is 1.93. The van der Waals surface area contributed by atoms with Gasteiger partial charge in [-0.25, -0.2) is 8.42 Å². The summed E-state index contributed by atoms with van der Waals surface area (Å²) in [5, 5.41) is 0.770. The van der Waals surface area contributed by atoms with E-state index in [1.807, 2.05) is 24.3 Å². The number of hydrogen-bond acceptors (Lipinski definition) is 3. The second-order valence-corrected chi connectivity index (χ2v) is 7.33. The normalized spacial score (nSPS) is 18.6. The molecule has 1 aliphatic heterocycles. The number of sulfonamides is 1. The fraction of sp³-hybridized carbons (Fsp3) is 0.538. The second-order valence-electron chi connectivity index (χ2n) is 4.67. The maximum absolute atomic E-state index is 11.8. The van der Waals surface area contributed by atoms with Crippen LogP contribution in [0.5, 0.6) is 0 Å². The van der Waals surface area contributed by atoms with Gasteiger partial charge in [0.1, 0.15) is 0 Å². The summed E-state index contributed by atoms with van der Waals surface area (Å²) in [6.07, 6.45) is 0. The standard InChI is InChI=1S/C13H19ClN2O2S/c1-2-19(17,18)16-9-7-15(8-10-16)11-12-5-3-4-6-13(12)14/h3-6H,2,7-11H2,1H3. The zero-order valence-corrected chi connectivity index (χ0v) is 12.6. The summed E-state index contributed by atoms with van der Waals surface area (Å²) in [5.41, 5.74) is 1.09. The van der Waals surface area contributed by atoms with Crippen molar-refractivity contribution >= 4 is 21.6 Å². The zero-order valence-electron chi connectivity index (χ0n) is 11.0. The van der Waals surface area contributed by atoms with Crippen molar-refractivity contribution in [1.82, 2.24) is 9.21 Å². The summed E-state index contributed by atoms with van der Waals surface area (Å²) in [6, 6.07) is 7.78. The molecule has 1 aromatic rings. The van der Waals surface area contributed by atoms with Crippen molar-refractivity contribution in [3.63, 3.8) is 0 Å². The lowest BCUT2D eigenvalue weighted by molar-refractivity contribution is 0.182. The molecule has 0 aromatic heterocycles. The average Bonchev–Trinajstić information content (AvgIpc) is 2.42. The minimum atomic E-state index is -3.05. The Morgan fingerprint density at radius 3 is 2.37 bits per heavy atom. The Bertz CT molecular complexity index is 525. The predicted octanol–water partition coefficient (Wildman–Crippen LogP) is 1.81. The molecular weight excluding hydrogens is 284 g/mol. The molecule has 0 atom stereocenters. The SMILES string of the molecule is CCS(=O)(=O)N1CCN(Cc2ccccc2Cl)CC1. The van der Waals surface area contributed by atoms with Crippen LogP contribution in [0.15, 0.2) is 24.3 Å². The number of benzene rings is 1. The molecule has 0 amide bonds. The highest BCUT2D eigenvalue weighted by Gasteiger charge is 2.25. The van der Waals surface area contributed by atoms with Crippen molar-refractivity contribution in [3.05, 3.63) is 34.9 Å². The van der Waals surface area contributed by atoms with Crippen LogP contribution in [0.2, 0.25) is 5.02 Å². The van der Waals surface area contributed by atoms with E-state index in [0.29, 0.717) is 13.1 Å². The van der Waals surface area contributed by atoms with E-state index in [-0.39, 0.29) is 5.75 Å². The van der Waals surface area contributed by atoms with E-state index in [4.69, 9.17) is 11.6 Å². The highest BCUT2D eigenvalue weighted by atomic mass is 35.5. The zero-order chi connectivity index (χ0) is 13.9. The van der Waals surface area contributed by atoms with Gasteiger partial charge in [-0.2, -0.15) is 4.31 Å². The quantitative estimate of drug-likeness (QED) is 0.852. The Morgan fingerprint density at radius 2 is 1.79 bits per heavy atom. The van der Waals surface area contributed by atoms with Crippen LogP contribution in [0.3, 0.4) is 0 Å². The summed E-state index contributed by atoms with van der Waals surface area (Å²) in [6.45, 7) is 5.11. The van der Waals surface area contributed by atoms with Crippen LogP contribution in [-0.2, 0) is 16.6 Å². The number of piperazine rings is 1. The summed E-state index contributed by atoms with van der Waals surface area (Å²) < 4.78 is 25.1. The molecule has 106 valence electrons. The van der Waals surface area contributed by atoms with E-state index < -0.39 is 10.0 Å². The second kappa shape index (κ2) is 6.22. The van der Waals surface area contributed by atoms with E-state index >= 15 is 0 Å². The average molecular weight is 303 g/mol. The third-order valence-corrected chi connectivity index (χ3v) is 5.69. The first kappa shape index (κ1) is 14.8. The molecule has 1 saturated heterocycles. The predicted molar refractivity (Wildman–Crippen MR) is 77.8 cm³/mol. The third kappa shape index (κ3) is 3.69. The highest BCUT2D eigenvalue weighted by molar-refractivity contribution is 7.89. The van der Waals surface area contributed by atoms with Crippen molar-refractivity contribution in [2.75, 3.05) is 31.9 Å². The van der Waals surface area contributed by atoms with Gasteiger partial charge < -0.3 is 0 Å². The lowest BCUT2D eigenvalue weighted by atomic mass is 10.2. The van der Waals surface area contributed by atoms with Crippen molar-refractivity contribution < 1.29 is 8.42 Å². The molecule has 0 N–H and O–H groups in total. The smallest absolute Gasteiger partial charge is 0.213 e. The van der Waals surface area contributed by atoms with Gasteiger partial charge in [-0.15, -0.1) is 0 Å². The lowest BCUT2D eigenvalue weighted by Gasteiger charge is -2.33. The van der Waals surface area contributed by atoms with Gasteiger partial charge in [0.05, 0.1) is 5.75 Å². The van der Waals surface area contributed by atoms with Crippen LogP contribution in [0.25, 0.3) is 0 Å². The highest BCUT2D eigenvalue weighted by Crippen LogP contribution is 2.18. The van der Waals surface area contributed by atoms with E-state index in [2.05, 4.69) is 4.90 Å². The Hall–Kier alpha value is -0.620. The first-order chi connectivity index (χ1) is 9.03. The monoisotopic (exact) mass is 302 g/mol. The third-order valence-electron chi connectivity index (χ3n) is 3.44. The fourth-order valence-corrected chi connectivity index (χ4v) is 3.50. The lowest BCUT2D eigenvalue weighted by Crippen LogP contribution is -2.48.